The van der Waals surface area contributed by atoms with Crippen molar-refractivity contribution in [2.75, 3.05) is 0 Å². The van der Waals surface area contributed by atoms with Crippen molar-refractivity contribution in [3.63, 3.8) is 0 Å². The van der Waals surface area contributed by atoms with E-state index in [0.717, 1.165) is 76.2 Å². The predicted molar refractivity (Wildman–Crippen MR) is 135 cm³/mol. The third kappa shape index (κ3) is 15.8. The zero-order valence-electron chi connectivity index (χ0n) is 19.3. The Labute approximate surface area is 190 Å². The smallest absolute Gasteiger partial charge is 0.339 e. The highest BCUT2D eigenvalue weighted by molar-refractivity contribution is 5.92. The number of hydrogen-bond acceptors (Lipinski definition) is 2. The monoisotopic (exact) mass is 420 g/mol. The Morgan fingerprint density at radius 3 is 1.65 bits per heavy atom. The number of hydrogen-bond donors (Lipinski definition) is 0. The highest BCUT2D eigenvalue weighted by Crippen LogP contribution is 2.20. The number of carbonyl (C=O) groups excluding carboxylic acids is 1. The molecule has 0 spiro atoms. The molecule has 0 unspecified atom stereocenters. The van der Waals surface area contributed by atoms with Gasteiger partial charge in [0.2, 0.25) is 0 Å². The van der Waals surface area contributed by atoms with Crippen molar-refractivity contribution in [3.05, 3.63) is 96.9 Å². The summed E-state index contributed by atoms with van der Waals surface area (Å²) in [7, 11) is 0. The van der Waals surface area contributed by atoms with Gasteiger partial charge in [-0.2, -0.15) is 0 Å². The fourth-order valence-corrected chi connectivity index (χ4v) is 3.04. The third-order valence-electron chi connectivity index (χ3n) is 4.73. The van der Waals surface area contributed by atoms with E-state index in [-0.39, 0.29) is 5.97 Å². The van der Waals surface area contributed by atoms with E-state index in [1.807, 2.05) is 0 Å². The second-order valence-corrected chi connectivity index (χ2v) is 7.54. The van der Waals surface area contributed by atoms with Crippen LogP contribution in [0.1, 0.15) is 77.6 Å². The summed E-state index contributed by atoms with van der Waals surface area (Å²) < 4.78 is 4.92. The summed E-state index contributed by atoms with van der Waals surface area (Å²) in [5.74, 6) is 0.250. The van der Waals surface area contributed by atoms with Crippen LogP contribution < -0.4 is 0 Å². The van der Waals surface area contributed by atoms with Crippen LogP contribution in [0.3, 0.4) is 0 Å². The maximum atomic E-state index is 11.5. The van der Waals surface area contributed by atoms with Crippen LogP contribution in [0.25, 0.3) is 0 Å². The van der Waals surface area contributed by atoms with Crippen molar-refractivity contribution in [3.8, 4) is 0 Å². The average Bonchev–Trinajstić information content (AvgIpc) is 3.08. The molecule has 0 saturated heterocycles. The molecule has 0 aliphatic carbocycles. The number of unbranched alkanes of at least 4 members (excludes halogenated alkanes) is 3. The molecule has 2 nitrogen and oxygen atoms in total. The molecule has 1 heterocycles. The highest BCUT2D eigenvalue weighted by atomic mass is 16.5. The summed E-state index contributed by atoms with van der Waals surface area (Å²) in [5, 5.41) is 0. The fourth-order valence-electron chi connectivity index (χ4n) is 3.04. The van der Waals surface area contributed by atoms with Crippen LogP contribution in [-0.2, 0) is 9.53 Å². The van der Waals surface area contributed by atoms with Gasteiger partial charge in [0, 0.05) is 5.57 Å². The first kappa shape index (κ1) is 26.4. The summed E-state index contributed by atoms with van der Waals surface area (Å²) in [6, 6.07) is 0. The lowest BCUT2D eigenvalue weighted by molar-refractivity contribution is -0.133. The molecule has 0 N–H and O–H groups in total. The largest absolute Gasteiger partial charge is 0.424 e. The van der Waals surface area contributed by atoms with Gasteiger partial charge < -0.3 is 4.74 Å². The highest BCUT2D eigenvalue weighted by Gasteiger charge is 2.18. The van der Waals surface area contributed by atoms with Crippen molar-refractivity contribution in [1.82, 2.24) is 0 Å². The summed E-state index contributed by atoms with van der Waals surface area (Å²) >= 11 is 0. The first-order valence-corrected chi connectivity index (χ1v) is 11.8. The molecule has 0 atom stereocenters. The zero-order valence-corrected chi connectivity index (χ0v) is 19.3. The normalized spacial score (nSPS) is 15.2. The van der Waals surface area contributed by atoms with E-state index in [2.05, 4.69) is 86.4 Å². The molecule has 0 aromatic carbocycles. The predicted octanol–water partition coefficient (Wildman–Crippen LogP) is 8.63. The van der Waals surface area contributed by atoms with Crippen LogP contribution in [0.2, 0.25) is 0 Å². The van der Waals surface area contributed by atoms with E-state index in [9.17, 15) is 4.79 Å². The van der Waals surface area contributed by atoms with Gasteiger partial charge in [0.15, 0.2) is 0 Å². The molecule has 0 radical (unpaired) electrons. The van der Waals surface area contributed by atoms with Crippen LogP contribution >= 0.6 is 0 Å². The molecule has 0 fully saturated rings. The summed E-state index contributed by atoms with van der Waals surface area (Å²) in [6.07, 6.45) is 39.8. The lowest BCUT2D eigenvalue weighted by Crippen LogP contribution is -1.98. The van der Waals surface area contributed by atoms with Gasteiger partial charge in [0.1, 0.15) is 5.76 Å². The quantitative estimate of drug-likeness (QED) is 0.134. The lowest BCUT2D eigenvalue weighted by Gasteiger charge is -1.99. The Bertz CT molecular complexity index is 711. The van der Waals surface area contributed by atoms with E-state index < -0.39 is 0 Å². The molecule has 2 heteroatoms. The summed E-state index contributed by atoms with van der Waals surface area (Å²) in [6.45, 7) is 5.81. The van der Waals surface area contributed by atoms with Crippen LogP contribution in [-0.4, -0.2) is 5.97 Å². The standard InChI is InChI=1S/C29H40O2/c1-3-4-5-6-7-8-9-10-11-12-13-14-15-16-17-18-19-20-21-22-23-24-25-28-26-27(2)31-29(28)30/h4-5,7-8,10-11,13-14,16-17,19-20,26H,2-3,6,9,12,15,18,21-25H2,1H3. The molecule has 1 rings (SSSR count). The molecule has 0 aromatic rings. The molecule has 0 saturated carbocycles. The van der Waals surface area contributed by atoms with Crippen LogP contribution in [0, 0.1) is 0 Å². The Morgan fingerprint density at radius 1 is 0.710 bits per heavy atom. The minimum Gasteiger partial charge on any atom is -0.424 e. The second-order valence-electron chi connectivity index (χ2n) is 7.54. The van der Waals surface area contributed by atoms with Crippen LogP contribution in [0.5, 0.6) is 0 Å². The van der Waals surface area contributed by atoms with Crippen molar-refractivity contribution in [2.24, 2.45) is 0 Å². The van der Waals surface area contributed by atoms with Gasteiger partial charge in [0.25, 0.3) is 0 Å². The van der Waals surface area contributed by atoms with Gasteiger partial charge in [0.05, 0.1) is 0 Å². The minimum atomic E-state index is -0.220. The number of carbonyl (C=O) groups is 1. The van der Waals surface area contributed by atoms with Crippen molar-refractivity contribution >= 4 is 5.97 Å². The Hall–Kier alpha value is -2.61. The molecule has 1 aliphatic rings. The van der Waals surface area contributed by atoms with Gasteiger partial charge in [-0.15, -0.1) is 0 Å². The van der Waals surface area contributed by atoms with E-state index in [1.54, 1.807) is 6.08 Å². The Kier molecular flexibility index (Phi) is 16.5. The van der Waals surface area contributed by atoms with Crippen LogP contribution in [0.15, 0.2) is 96.9 Å². The Morgan fingerprint density at radius 2 is 1.19 bits per heavy atom. The first-order valence-electron chi connectivity index (χ1n) is 11.8. The molecule has 0 aromatic heterocycles. The van der Waals surface area contributed by atoms with E-state index in [1.165, 1.54) is 0 Å². The van der Waals surface area contributed by atoms with Crippen molar-refractivity contribution < 1.29 is 9.53 Å². The van der Waals surface area contributed by atoms with Gasteiger partial charge in [-0.1, -0.05) is 92.8 Å². The lowest BCUT2D eigenvalue weighted by atomic mass is 10.1. The molecule has 1 aliphatic heterocycles. The molecule has 0 amide bonds. The van der Waals surface area contributed by atoms with Crippen LogP contribution in [0.4, 0.5) is 0 Å². The molecule has 31 heavy (non-hydrogen) atoms. The number of rotatable bonds is 17. The van der Waals surface area contributed by atoms with Crippen molar-refractivity contribution in [1.29, 1.82) is 0 Å². The van der Waals surface area contributed by atoms with Gasteiger partial charge in [-0.25, -0.2) is 4.79 Å². The molecule has 0 bridgehead atoms. The van der Waals surface area contributed by atoms with Crippen molar-refractivity contribution in [2.45, 2.75) is 77.6 Å². The van der Waals surface area contributed by atoms with E-state index in [0.29, 0.717) is 5.76 Å². The Balaban J connectivity index is 1.92. The van der Waals surface area contributed by atoms with E-state index in [4.69, 9.17) is 4.74 Å². The van der Waals surface area contributed by atoms with Gasteiger partial charge >= 0.3 is 5.97 Å². The maximum Gasteiger partial charge on any atom is 0.339 e. The number of allylic oxidation sites excluding steroid dienone is 13. The summed E-state index contributed by atoms with van der Waals surface area (Å²) in [5.41, 5.74) is 0.763. The molecule has 168 valence electrons. The zero-order chi connectivity index (χ0) is 22.4. The number of esters is 1. The number of ether oxygens (including phenoxy) is 1. The van der Waals surface area contributed by atoms with Gasteiger partial charge in [-0.3, -0.25) is 0 Å². The third-order valence-corrected chi connectivity index (χ3v) is 4.73. The minimum absolute atomic E-state index is 0.220. The van der Waals surface area contributed by atoms with E-state index >= 15 is 0 Å². The number of cyclic esters (lactones) is 1. The first-order chi connectivity index (χ1) is 15.2. The summed E-state index contributed by atoms with van der Waals surface area (Å²) in [4.78, 5) is 11.5. The fraction of sp³-hybridized carbons (Fsp3) is 0.414. The van der Waals surface area contributed by atoms with Gasteiger partial charge in [-0.05, 0) is 70.3 Å². The topological polar surface area (TPSA) is 26.3 Å². The second kappa shape index (κ2) is 19.4. The molecular weight excluding hydrogens is 380 g/mol. The SMILES string of the molecule is C=C1C=C(CCCCCC=CCC=CCC=CCC=CCC=CCC=CCC)C(=O)O1. The molecular formula is C29H40O2. The average molecular weight is 421 g/mol. The maximum absolute atomic E-state index is 11.5.